The Morgan fingerprint density at radius 3 is 2.38 bits per heavy atom. The zero-order chi connectivity index (χ0) is 23.9. The van der Waals surface area contributed by atoms with Gasteiger partial charge in [-0.3, -0.25) is 9.80 Å². The molecule has 0 radical (unpaired) electrons. The minimum Gasteiger partial charge on any atom is -0.478 e. The van der Waals surface area contributed by atoms with E-state index in [1.54, 1.807) is 12.1 Å². The standard InChI is InChI=1S/C26H34N6O2/c1-30(2)13-7-12-27-25-22-10-5-6-11-23(22)28-24(29-25)19-32-16-14-31(15-17-32)18-20-8-3-4-9-21(20)26(33)34/h3-6,8-11H,7,12-19H2,1-2H3,(H,33,34)(H,27,28,29). The predicted molar refractivity (Wildman–Crippen MR) is 135 cm³/mol. The largest absolute Gasteiger partial charge is 0.478 e. The average molecular weight is 463 g/mol. The van der Waals surface area contributed by atoms with Crippen molar-refractivity contribution in [2.24, 2.45) is 0 Å². The molecule has 0 bridgehead atoms. The number of piperazine rings is 1. The van der Waals surface area contributed by atoms with Crippen LogP contribution in [-0.4, -0.2) is 89.1 Å². The van der Waals surface area contributed by atoms with Gasteiger partial charge in [0.05, 0.1) is 17.6 Å². The van der Waals surface area contributed by atoms with Crippen LogP contribution in [-0.2, 0) is 13.1 Å². The number of aromatic nitrogens is 2. The molecule has 1 fully saturated rings. The van der Waals surface area contributed by atoms with Crippen molar-refractivity contribution in [1.29, 1.82) is 0 Å². The molecule has 180 valence electrons. The third kappa shape index (κ3) is 6.28. The Hall–Kier alpha value is -3.07. The molecule has 2 N–H and O–H groups in total. The lowest BCUT2D eigenvalue weighted by Gasteiger charge is -2.34. The van der Waals surface area contributed by atoms with Crippen molar-refractivity contribution in [1.82, 2.24) is 24.7 Å². The number of aromatic carboxylic acids is 1. The molecule has 1 aromatic heterocycles. The quantitative estimate of drug-likeness (QED) is 0.445. The van der Waals surface area contributed by atoms with Crippen LogP contribution < -0.4 is 5.32 Å². The highest BCUT2D eigenvalue weighted by molar-refractivity contribution is 5.89. The van der Waals surface area contributed by atoms with E-state index in [0.717, 1.165) is 73.8 Å². The first-order chi connectivity index (χ1) is 16.5. The molecule has 1 aliphatic heterocycles. The van der Waals surface area contributed by atoms with Crippen LogP contribution in [0, 0.1) is 0 Å². The maximum absolute atomic E-state index is 11.5. The summed E-state index contributed by atoms with van der Waals surface area (Å²) in [6, 6.07) is 15.4. The van der Waals surface area contributed by atoms with Crippen LogP contribution in [0.3, 0.4) is 0 Å². The summed E-state index contributed by atoms with van der Waals surface area (Å²) in [4.78, 5) is 28.1. The van der Waals surface area contributed by atoms with Crippen LogP contribution in [0.2, 0.25) is 0 Å². The fourth-order valence-corrected chi connectivity index (χ4v) is 4.35. The second-order valence-corrected chi connectivity index (χ2v) is 9.10. The Kier molecular flexibility index (Phi) is 8.05. The first kappa shape index (κ1) is 24.1. The van der Waals surface area contributed by atoms with Gasteiger partial charge in [0, 0.05) is 44.7 Å². The predicted octanol–water partition coefficient (Wildman–Crippen LogP) is 3.01. The number of rotatable bonds is 10. The molecule has 1 aliphatic rings. The number of carbonyl (C=O) groups is 1. The molecule has 0 saturated carbocycles. The smallest absolute Gasteiger partial charge is 0.336 e. The van der Waals surface area contributed by atoms with E-state index in [2.05, 4.69) is 40.2 Å². The second kappa shape index (κ2) is 11.4. The maximum Gasteiger partial charge on any atom is 0.336 e. The van der Waals surface area contributed by atoms with Crippen LogP contribution in [0.15, 0.2) is 48.5 Å². The summed E-state index contributed by atoms with van der Waals surface area (Å²) in [7, 11) is 4.17. The van der Waals surface area contributed by atoms with Crippen LogP contribution in [0.1, 0.15) is 28.2 Å². The second-order valence-electron chi connectivity index (χ2n) is 9.10. The molecule has 0 spiro atoms. The van der Waals surface area contributed by atoms with Gasteiger partial charge in [0.15, 0.2) is 0 Å². The number of hydrogen-bond donors (Lipinski definition) is 2. The monoisotopic (exact) mass is 462 g/mol. The number of carboxylic acid groups (broad SMARTS) is 1. The highest BCUT2D eigenvalue weighted by Crippen LogP contribution is 2.21. The fraction of sp³-hybridized carbons (Fsp3) is 0.423. The molecular weight excluding hydrogens is 428 g/mol. The Balaban J connectivity index is 1.37. The molecule has 1 saturated heterocycles. The summed E-state index contributed by atoms with van der Waals surface area (Å²) < 4.78 is 0. The molecule has 3 aromatic rings. The highest BCUT2D eigenvalue weighted by atomic mass is 16.4. The molecule has 34 heavy (non-hydrogen) atoms. The number of benzene rings is 2. The molecule has 0 aliphatic carbocycles. The lowest BCUT2D eigenvalue weighted by Crippen LogP contribution is -2.45. The number of anilines is 1. The molecular formula is C26H34N6O2. The van der Waals surface area contributed by atoms with Gasteiger partial charge in [-0.15, -0.1) is 0 Å². The van der Waals surface area contributed by atoms with E-state index in [0.29, 0.717) is 18.7 Å². The van der Waals surface area contributed by atoms with Crippen molar-refractivity contribution in [2.75, 3.05) is 58.7 Å². The first-order valence-electron chi connectivity index (χ1n) is 11.9. The van der Waals surface area contributed by atoms with Gasteiger partial charge in [0.2, 0.25) is 0 Å². The number of para-hydroxylation sites is 1. The van der Waals surface area contributed by atoms with Crippen LogP contribution in [0.25, 0.3) is 10.9 Å². The van der Waals surface area contributed by atoms with E-state index < -0.39 is 5.97 Å². The van der Waals surface area contributed by atoms with E-state index in [-0.39, 0.29) is 0 Å². The number of nitrogens with one attached hydrogen (secondary N) is 1. The third-order valence-corrected chi connectivity index (χ3v) is 6.20. The van der Waals surface area contributed by atoms with Crippen LogP contribution >= 0.6 is 0 Å². The van der Waals surface area contributed by atoms with Gasteiger partial charge in [-0.1, -0.05) is 30.3 Å². The lowest BCUT2D eigenvalue weighted by molar-refractivity contribution is 0.0692. The van der Waals surface area contributed by atoms with Gasteiger partial charge in [0.1, 0.15) is 11.6 Å². The number of fused-ring (bicyclic) bond motifs is 1. The average Bonchev–Trinajstić information content (AvgIpc) is 2.83. The first-order valence-corrected chi connectivity index (χ1v) is 11.9. The van der Waals surface area contributed by atoms with E-state index in [1.165, 1.54) is 0 Å². The summed E-state index contributed by atoms with van der Waals surface area (Å²) in [6.45, 7) is 6.84. The Morgan fingerprint density at radius 1 is 0.971 bits per heavy atom. The van der Waals surface area contributed by atoms with Gasteiger partial charge < -0.3 is 15.3 Å². The summed E-state index contributed by atoms with van der Waals surface area (Å²) >= 11 is 0. The minimum absolute atomic E-state index is 0.389. The van der Waals surface area contributed by atoms with E-state index in [4.69, 9.17) is 9.97 Å². The van der Waals surface area contributed by atoms with E-state index >= 15 is 0 Å². The van der Waals surface area contributed by atoms with Gasteiger partial charge in [-0.05, 0) is 50.8 Å². The van der Waals surface area contributed by atoms with E-state index in [1.807, 2.05) is 30.3 Å². The van der Waals surface area contributed by atoms with Crippen LogP contribution in [0.5, 0.6) is 0 Å². The Bertz CT molecular complexity index is 1110. The molecule has 2 aromatic carbocycles. The number of carboxylic acids is 1. The summed E-state index contributed by atoms with van der Waals surface area (Å²) in [6.07, 6.45) is 1.05. The summed E-state index contributed by atoms with van der Waals surface area (Å²) in [5.41, 5.74) is 2.22. The summed E-state index contributed by atoms with van der Waals surface area (Å²) in [5, 5.41) is 14.0. The Labute approximate surface area is 201 Å². The fourth-order valence-electron chi connectivity index (χ4n) is 4.35. The zero-order valence-corrected chi connectivity index (χ0v) is 20.1. The maximum atomic E-state index is 11.5. The minimum atomic E-state index is -0.867. The van der Waals surface area contributed by atoms with E-state index in [9.17, 15) is 9.90 Å². The van der Waals surface area contributed by atoms with Gasteiger partial charge in [0.25, 0.3) is 0 Å². The molecule has 2 heterocycles. The topological polar surface area (TPSA) is 84.8 Å². The number of hydrogen-bond acceptors (Lipinski definition) is 7. The molecule has 8 nitrogen and oxygen atoms in total. The molecule has 0 amide bonds. The van der Waals surface area contributed by atoms with Crippen molar-refractivity contribution >= 4 is 22.7 Å². The van der Waals surface area contributed by atoms with Crippen molar-refractivity contribution in [3.8, 4) is 0 Å². The molecule has 0 atom stereocenters. The van der Waals surface area contributed by atoms with Crippen molar-refractivity contribution in [3.63, 3.8) is 0 Å². The SMILES string of the molecule is CN(C)CCCNc1nc(CN2CCN(Cc3ccccc3C(=O)O)CC2)nc2ccccc12. The lowest BCUT2D eigenvalue weighted by atomic mass is 10.1. The molecule has 8 heteroatoms. The van der Waals surface area contributed by atoms with Crippen molar-refractivity contribution in [3.05, 3.63) is 65.5 Å². The van der Waals surface area contributed by atoms with Crippen molar-refractivity contribution < 1.29 is 9.90 Å². The summed E-state index contributed by atoms with van der Waals surface area (Å²) in [5.74, 6) is 0.871. The highest BCUT2D eigenvalue weighted by Gasteiger charge is 2.20. The third-order valence-electron chi connectivity index (χ3n) is 6.20. The van der Waals surface area contributed by atoms with Crippen molar-refractivity contribution in [2.45, 2.75) is 19.5 Å². The number of nitrogens with zero attached hydrogens (tertiary/aromatic N) is 5. The van der Waals surface area contributed by atoms with Gasteiger partial charge >= 0.3 is 5.97 Å². The normalized spacial score (nSPS) is 15.1. The van der Waals surface area contributed by atoms with Gasteiger partial charge in [-0.2, -0.15) is 0 Å². The van der Waals surface area contributed by atoms with Crippen LogP contribution in [0.4, 0.5) is 5.82 Å². The molecule has 0 unspecified atom stereocenters. The Morgan fingerprint density at radius 2 is 1.65 bits per heavy atom. The zero-order valence-electron chi connectivity index (χ0n) is 20.1. The van der Waals surface area contributed by atoms with Gasteiger partial charge in [-0.25, -0.2) is 14.8 Å². The molecule has 4 rings (SSSR count).